The highest BCUT2D eigenvalue weighted by atomic mass is 127. The third-order valence-electron chi connectivity index (χ3n) is 4.99. The maximum absolute atomic E-state index is 5.72. The highest BCUT2D eigenvalue weighted by molar-refractivity contribution is 14.0. The minimum atomic E-state index is 0. The molecule has 0 spiro atoms. The molecule has 6 heteroatoms. The lowest BCUT2D eigenvalue weighted by Crippen LogP contribution is -2.39. The van der Waals surface area contributed by atoms with E-state index in [0.717, 1.165) is 38.5 Å². The second kappa shape index (κ2) is 17.0. The average Bonchev–Trinajstić information content (AvgIpc) is 2.98. The predicted molar refractivity (Wildman–Crippen MR) is 130 cm³/mol. The van der Waals surface area contributed by atoms with Crippen LogP contribution in [0.15, 0.2) is 35.3 Å². The van der Waals surface area contributed by atoms with E-state index in [1.54, 1.807) is 0 Å². The Morgan fingerprint density at radius 2 is 1.64 bits per heavy atom. The number of unbranched alkanes of at least 4 members (excludes halogenated alkanes) is 1. The van der Waals surface area contributed by atoms with Crippen LogP contribution in [0.4, 0.5) is 0 Å². The van der Waals surface area contributed by atoms with Crippen LogP contribution in [0.3, 0.4) is 0 Å². The summed E-state index contributed by atoms with van der Waals surface area (Å²) in [6.07, 6.45) is 8.87. The molecule has 160 valence electrons. The van der Waals surface area contributed by atoms with E-state index in [-0.39, 0.29) is 24.0 Å². The second-order valence-electron chi connectivity index (χ2n) is 7.28. The van der Waals surface area contributed by atoms with Gasteiger partial charge >= 0.3 is 0 Å². The van der Waals surface area contributed by atoms with Gasteiger partial charge in [-0.1, -0.05) is 43.2 Å². The molecule has 1 aliphatic rings. The van der Waals surface area contributed by atoms with Gasteiger partial charge in [0, 0.05) is 26.7 Å². The van der Waals surface area contributed by atoms with Crippen molar-refractivity contribution < 1.29 is 4.74 Å². The Balaban J connectivity index is 0.00000392. The Labute approximate surface area is 188 Å². The van der Waals surface area contributed by atoms with Gasteiger partial charge in [-0.3, -0.25) is 4.99 Å². The van der Waals surface area contributed by atoms with Crippen LogP contribution in [0.25, 0.3) is 0 Å². The lowest BCUT2D eigenvalue weighted by Gasteiger charge is -2.20. The zero-order valence-corrected chi connectivity index (χ0v) is 19.8. The Morgan fingerprint density at radius 3 is 2.32 bits per heavy atom. The van der Waals surface area contributed by atoms with Crippen LogP contribution in [-0.2, 0) is 11.3 Å². The molecule has 0 atom stereocenters. The van der Waals surface area contributed by atoms with Crippen LogP contribution >= 0.6 is 24.0 Å². The molecule has 0 radical (unpaired) electrons. The summed E-state index contributed by atoms with van der Waals surface area (Å²) >= 11 is 0. The number of hydrogen-bond acceptors (Lipinski definition) is 3. The summed E-state index contributed by atoms with van der Waals surface area (Å²) in [5.41, 5.74) is 1.24. The molecule has 2 rings (SSSR count). The highest BCUT2D eigenvalue weighted by Gasteiger charge is 2.08. The SMILES string of the molecule is CN=C(NCCCCOCc1ccccc1)NCCCN1CCCCCC1.I. The van der Waals surface area contributed by atoms with E-state index in [2.05, 4.69) is 44.8 Å². The van der Waals surface area contributed by atoms with Gasteiger partial charge in [-0.25, -0.2) is 0 Å². The molecular weight excluding hydrogens is 463 g/mol. The third-order valence-corrected chi connectivity index (χ3v) is 4.99. The van der Waals surface area contributed by atoms with Crippen molar-refractivity contribution in [3.8, 4) is 0 Å². The molecule has 28 heavy (non-hydrogen) atoms. The molecule has 0 unspecified atom stereocenters. The lowest BCUT2D eigenvalue weighted by atomic mass is 10.2. The van der Waals surface area contributed by atoms with Gasteiger partial charge in [-0.15, -0.1) is 24.0 Å². The van der Waals surface area contributed by atoms with E-state index >= 15 is 0 Å². The molecule has 1 aromatic rings. The standard InChI is InChI=1S/C22H38N4O.HI/c1-23-22(25-15-11-18-26-16-8-2-3-9-17-26)24-14-7-10-19-27-20-21-12-5-4-6-13-21;/h4-6,12-13H,2-3,7-11,14-20H2,1H3,(H2,23,24,25);1H. The molecular formula is C22H39IN4O. The summed E-state index contributed by atoms with van der Waals surface area (Å²) in [5.74, 6) is 0.913. The minimum absolute atomic E-state index is 0. The van der Waals surface area contributed by atoms with Crippen LogP contribution in [-0.4, -0.2) is 57.2 Å². The first-order valence-corrected chi connectivity index (χ1v) is 10.7. The van der Waals surface area contributed by atoms with Crippen molar-refractivity contribution in [3.63, 3.8) is 0 Å². The highest BCUT2D eigenvalue weighted by Crippen LogP contribution is 2.09. The minimum Gasteiger partial charge on any atom is -0.377 e. The van der Waals surface area contributed by atoms with Crippen molar-refractivity contribution in [2.45, 2.75) is 51.6 Å². The smallest absolute Gasteiger partial charge is 0.190 e. The largest absolute Gasteiger partial charge is 0.377 e. The third kappa shape index (κ3) is 11.9. The van der Waals surface area contributed by atoms with Crippen molar-refractivity contribution in [2.75, 3.05) is 46.4 Å². The number of rotatable bonds is 11. The van der Waals surface area contributed by atoms with Crippen LogP contribution in [0.2, 0.25) is 0 Å². The first-order chi connectivity index (χ1) is 13.4. The number of guanidine groups is 1. The summed E-state index contributed by atoms with van der Waals surface area (Å²) in [6.45, 7) is 7.17. The fourth-order valence-corrected chi connectivity index (χ4v) is 3.39. The molecule has 1 aliphatic heterocycles. The number of hydrogen-bond donors (Lipinski definition) is 2. The molecule has 1 fully saturated rings. The Hall–Kier alpha value is -0.860. The zero-order valence-electron chi connectivity index (χ0n) is 17.5. The Morgan fingerprint density at radius 1 is 0.964 bits per heavy atom. The van der Waals surface area contributed by atoms with Crippen LogP contribution < -0.4 is 10.6 Å². The summed E-state index contributed by atoms with van der Waals surface area (Å²) in [6, 6.07) is 10.3. The van der Waals surface area contributed by atoms with Crippen molar-refractivity contribution in [2.24, 2.45) is 4.99 Å². The van der Waals surface area contributed by atoms with E-state index in [4.69, 9.17) is 4.74 Å². The summed E-state index contributed by atoms with van der Waals surface area (Å²) < 4.78 is 5.72. The quantitative estimate of drug-likeness (QED) is 0.208. The van der Waals surface area contributed by atoms with E-state index in [0.29, 0.717) is 6.61 Å². The molecule has 1 aromatic carbocycles. The van der Waals surface area contributed by atoms with Crippen molar-refractivity contribution in [1.82, 2.24) is 15.5 Å². The number of nitrogens with zero attached hydrogens (tertiary/aromatic N) is 2. The van der Waals surface area contributed by atoms with E-state index in [1.165, 1.54) is 57.3 Å². The molecule has 2 N–H and O–H groups in total. The second-order valence-corrected chi connectivity index (χ2v) is 7.28. The molecule has 0 saturated carbocycles. The molecule has 0 aliphatic carbocycles. The molecule has 5 nitrogen and oxygen atoms in total. The number of benzene rings is 1. The van der Waals surface area contributed by atoms with E-state index in [1.807, 2.05) is 13.1 Å². The maximum Gasteiger partial charge on any atom is 0.190 e. The van der Waals surface area contributed by atoms with Gasteiger partial charge in [0.1, 0.15) is 0 Å². The zero-order chi connectivity index (χ0) is 19.0. The monoisotopic (exact) mass is 502 g/mol. The fourth-order valence-electron chi connectivity index (χ4n) is 3.39. The number of likely N-dealkylation sites (tertiary alicyclic amines) is 1. The van der Waals surface area contributed by atoms with Crippen molar-refractivity contribution in [3.05, 3.63) is 35.9 Å². The summed E-state index contributed by atoms with van der Waals surface area (Å²) in [4.78, 5) is 6.92. The number of aliphatic imine (C=N–C) groups is 1. The molecule has 1 saturated heterocycles. The van der Waals surface area contributed by atoms with Gasteiger partial charge in [0.15, 0.2) is 5.96 Å². The van der Waals surface area contributed by atoms with Gasteiger partial charge in [0.25, 0.3) is 0 Å². The summed E-state index contributed by atoms with van der Waals surface area (Å²) in [7, 11) is 1.84. The molecule has 0 bridgehead atoms. The Bertz CT molecular complexity index is 505. The number of ether oxygens (including phenoxy) is 1. The van der Waals surface area contributed by atoms with Crippen LogP contribution in [0, 0.1) is 0 Å². The lowest BCUT2D eigenvalue weighted by molar-refractivity contribution is 0.117. The van der Waals surface area contributed by atoms with Crippen LogP contribution in [0.5, 0.6) is 0 Å². The van der Waals surface area contributed by atoms with Gasteiger partial charge in [0.05, 0.1) is 6.61 Å². The fraction of sp³-hybridized carbons (Fsp3) is 0.682. The van der Waals surface area contributed by atoms with Gasteiger partial charge < -0.3 is 20.3 Å². The maximum atomic E-state index is 5.72. The van der Waals surface area contributed by atoms with Gasteiger partial charge in [-0.05, 0) is 57.3 Å². The molecule has 0 amide bonds. The average molecular weight is 502 g/mol. The number of halogens is 1. The first-order valence-electron chi connectivity index (χ1n) is 10.7. The first kappa shape index (κ1) is 25.2. The van der Waals surface area contributed by atoms with Gasteiger partial charge in [-0.2, -0.15) is 0 Å². The molecule has 0 aromatic heterocycles. The normalized spacial score (nSPS) is 15.5. The van der Waals surface area contributed by atoms with E-state index < -0.39 is 0 Å². The van der Waals surface area contributed by atoms with Crippen molar-refractivity contribution >= 4 is 29.9 Å². The topological polar surface area (TPSA) is 48.9 Å². The van der Waals surface area contributed by atoms with Gasteiger partial charge in [0.2, 0.25) is 0 Å². The molecule has 1 heterocycles. The van der Waals surface area contributed by atoms with Crippen molar-refractivity contribution in [1.29, 1.82) is 0 Å². The van der Waals surface area contributed by atoms with Crippen LogP contribution in [0.1, 0.15) is 50.5 Å². The van der Waals surface area contributed by atoms with E-state index in [9.17, 15) is 0 Å². The number of nitrogens with one attached hydrogen (secondary N) is 2. The Kier molecular flexibility index (Phi) is 15.3. The summed E-state index contributed by atoms with van der Waals surface area (Å²) in [5, 5.41) is 6.83. The predicted octanol–water partition coefficient (Wildman–Crippen LogP) is 4.03.